The van der Waals surface area contributed by atoms with Gasteiger partial charge >= 0.3 is 0 Å². The van der Waals surface area contributed by atoms with E-state index in [4.69, 9.17) is 9.47 Å². The number of nitrogens with zero attached hydrogens (tertiary/aromatic N) is 1. The summed E-state index contributed by atoms with van der Waals surface area (Å²) in [7, 11) is 3.72. The van der Waals surface area contributed by atoms with E-state index in [1.165, 1.54) is 0 Å². The Kier molecular flexibility index (Phi) is 4.33. The predicted octanol–water partition coefficient (Wildman–Crippen LogP) is 2.76. The van der Waals surface area contributed by atoms with Gasteiger partial charge in [0.15, 0.2) is 17.3 Å². The highest BCUT2D eigenvalue weighted by molar-refractivity contribution is 5.97. The Hall–Kier alpha value is -1.55. The standard InChI is InChI=1S/C16H23NO3/c1-12(18)13-6-5-7-14(19-4)15(13)20-16(2)8-10-17(3)11-9-16/h5-7H,8-11H2,1-4H3. The lowest BCUT2D eigenvalue weighted by Crippen LogP contribution is -2.44. The molecule has 0 radical (unpaired) electrons. The first-order valence-electron chi connectivity index (χ1n) is 7.01. The van der Waals surface area contributed by atoms with Gasteiger partial charge in [-0.05, 0) is 45.9 Å². The van der Waals surface area contributed by atoms with Crippen LogP contribution in [0.15, 0.2) is 18.2 Å². The van der Waals surface area contributed by atoms with Gasteiger partial charge in [-0.25, -0.2) is 0 Å². The molecule has 0 bridgehead atoms. The van der Waals surface area contributed by atoms with Gasteiger partial charge in [0.1, 0.15) is 5.60 Å². The number of rotatable bonds is 4. The van der Waals surface area contributed by atoms with Crippen molar-refractivity contribution in [2.75, 3.05) is 27.2 Å². The van der Waals surface area contributed by atoms with Gasteiger partial charge in [-0.2, -0.15) is 0 Å². The minimum absolute atomic E-state index is 0.00423. The fourth-order valence-corrected chi connectivity index (χ4v) is 2.50. The van der Waals surface area contributed by atoms with Gasteiger partial charge in [0, 0.05) is 13.1 Å². The molecule has 1 aromatic rings. The van der Waals surface area contributed by atoms with Crippen LogP contribution in [0.2, 0.25) is 0 Å². The highest BCUT2D eigenvalue weighted by Crippen LogP contribution is 2.37. The number of ether oxygens (including phenoxy) is 2. The average Bonchev–Trinajstić information content (AvgIpc) is 2.42. The molecule has 0 atom stereocenters. The largest absolute Gasteiger partial charge is 0.493 e. The van der Waals surface area contributed by atoms with Crippen LogP contribution in [0.3, 0.4) is 0 Å². The normalized spacial score (nSPS) is 18.6. The van der Waals surface area contributed by atoms with Crippen LogP contribution in [0.5, 0.6) is 11.5 Å². The fraction of sp³-hybridized carbons (Fsp3) is 0.562. The molecule has 1 heterocycles. The second kappa shape index (κ2) is 5.83. The summed E-state index contributed by atoms with van der Waals surface area (Å²) in [5.74, 6) is 1.20. The van der Waals surface area contributed by atoms with E-state index in [-0.39, 0.29) is 11.4 Å². The quantitative estimate of drug-likeness (QED) is 0.793. The number of Topliss-reactive ketones (excluding diaryl/α,β-unsaturated/α-hetero) is 1. The highest BCUT2D eigenvalue weighted by atomic mass is 16.5. The molecule has 1 aromatic carbocycles. The van der Waals surface area contributed by atoms with Gasteiger partial charge in [-0.1, -0.05) is 6.07 Å². The maximum Gasteiger partial charge on any atom is 0.172 e. The number of piperidine rings is 1. The number of ketones is 1. The summed E-state index contributed by atoms with van der Waals surface area (Å²) in [5, 5.41) is 0. The lowest BCUT2D eigenvalue weighted by Gasteiger charge is -2.38. The van der Waals surface area contributed by atoms with Crippen LogP contribution in [0.1, 0.15) is 37.0 Å². The number of likely N-dealkylation sites (tertiary alicyclic amines) is 1. The molecule has 0 aromatic heterocycles. The Balaban J connectivity index is 2.30. The molecule has 4 nitrogen and oxygen atoms in total. The lowest BCUT2D eigenvalue weighted by molar-refractivity contribution is 0.0213. The van der Waals surface area contributed by atoms with Gasteiger partial charge in [0.2, 0.25) is 0 Å². The molecule has 2 rings (SSSR count). The van der Waals surface area contributed by atoms with Crippen molar-refractivity contribution in [1.82, 2.24) is 4.90 Å². The zero-order chi connectivity index (χ0) is 14.8. The monoisotopic (exact) mass is 277 g/mol. The molecular formula is C16H23NO3. The van der Waals surface area contributed by atoms with E-state index in [9.17, 15) is 4.79 Å². The maximum atomic E-state index is 11.8. The highest BCUT2D eigenvalue weighted by Gasteiger charge is 2.32. The second-order valence-electron chi connectivity index (χ2n) is 5.75. The number of methoxy groups -OCH3 is 1. The number of hydrogen-bond acceptors (Lipinski definition) is 4. The molecule has 0 unspecified atom stereocenters. The van der Waals surface area contributed by atoms with Crippen LogP contribution in [0, 0.1) is 0 Å². The van der Waals surface area contributed by atoms with Crippen molar-refractivity contribution in [1.29, 1.82) is 0 Å². The number of carbonyl (C=O) groups is 1. The minimum atomic E-state index is -0.245. The van der Waals surface area contributed by atoms with Crippen molar-refractivity contribution in [2.24, 2.45) is 0 Å². The molecule has 20 heavy (non-hydrogen) atoms. The first kappa shape index (κ1) is 14.9. The van der Waals surface area contributed by atoms with Crippen molar-refractivity contribution < 1.29 is 14.3 Å². The first-order chi connectivity index (χ1) is 9.45. The summed E-state index contributed by atoms with van der Waals surface area (Å²) >= 11 is 0. The molecule has 1 saturated heterocycles. The molecule has 0 spiro atoms. The summed E-state index contributed by atoms with van der Waals surface area (Å²) < 4.78 is 11.6. The average molecular weight is 277 g/mol. The number of carbonyl (C=O) groups excluding carboxylic acids is 1. The molecule has 4 heteroatoms. The Morgan fingerprint density at radius 1 is 1.30 bits per heavy atom. The van der Waals surface area contributed by atoms with Crippen molar-refractivity contribution in [2.45, 2.75) is 32.3 Å². The molecule has 1 aliphatic heterocycles. The number of benzene rings is 1. The van der Waals surface area contributed by atoms with Crippen LogP contribution in [-0.2, 0) is 0 Å². The predicted molar refractivity (Wildman–Crippen MR) is 78.8 cm³/mol. The van der Waals surface area contributed by atoms with Crippen LogP contribution in [0.25, 0.3) is 0 Å². The third-order valence-electron chi connectivity index (χ3n) is 3.97. The summed E-state index contributed by atoms with van der Waals surface area (Å²) in [4.78, 5) is 14.1. The van der Waals surface area contributed by atoms with Crippen LogP contribution >= 0.6 is 0 Å². The molecular weight excluding hydrogens is 254 g/mol. The Morgan fingerprint density at radius 2 is 1.95 bits per heavy atom. The second-order valence-corrected chi connectivity index (χ2v) is 5.75. The molecule has 1 fully saturated rings. The molecule has 0 saturated carbocycles. The van der Waals surface area contributed by atoms with Crippen LogP contribution in [-0.4, -0.2) is 43.5 Å². The number of hydrogen-bond donors (Lipinski definition) is 0. The molecule has 110 valence electrons. The van der Waals surface area contributed by atoms with Crippen molar-refractivity contribution in [3.63, 3.8) is 0 Å². The van der Waals surface area contributed by atoms with Crippen molar-refractivity contribution in [3.05, 3.63) is 23.8 Å². The van der Waals surface area contributed by atoms with Gasteiger partial charge < -0.3 is 14.4 Å². The number of para-hydroxylation sites is 1. The third-order valence-corrected chi connectivity index (χ3v) is 3.97. The van der Waals surface area contributed by atoms with E-state index in [2.05, 4.69) is 18.9 Å². The van der Waals surface area contributed by atoms with E-state index in [1.54, 1.807) is 20.1 Å². The summed E-state index contributed by atoms with van der Waals surface area (Å²) in [6.45, 7) is 5.66. The Morgan fingerprint density at radius 3 is 2.50 bits per heavy atom. The minimum Gasteiger partial charge on any atom is -0.493 e. The van der Waals surface area contributed by atoms with E-state index >= 15 is 0 Å². The maximum absolute atomic E-state index is 11.8. The molecule has 0 amide bonds. The lowest BCUT2D eigenvalue weighted by atomic mass is 9.93. The Labute approximate surface area is 120 Å². The smallest absolute Gasteiger partial charge is 0.172 e. The van der Waals surface area contributed by atoms with Crippen LogP contribution < -0.4 is 9.47 Å². The van der Waals surface area contributed by atoms with E-state index < -0.39 is 0 Å². The topological polar surface area (TPSA) is 38.8 Å². The van der Waals surface area contributed by atoms with E-state index in [0.29, 0.717) is 17.1 Å². The zero-order valence-electron chi connectivity index (χ0n) is 12.7. The molecule has 1 aliphatic rings. The van der Waals surface area contributed by atoms with Gasteiger partial charge in [0.25, 0.3) is 0 Å². The van der Waals surface area contributed by atoms with Crippen molar-refractivity contribution in [3.8, 4) is 11.5 Å². The summed E-state index contributed by atoms with van der Waals surface area (Å²) in [6, 6.07) is 5.44. The SMILES string of the molecule is COc1cccc(C(C)=O)c1OC1(C)CCN(C)CC1. The van der Waals surface area contributed by atoms with Crippen LogP contribution in [0.4, 0.5) is 0 Å². The third kappa shape index (κ3) is 3.12. The van der Waals surface area contributed by atoms with Crippen molar-refractivity contribution >= 4 is 5.78 Å². The van der Waals surface area contributed by atoms with Gasteiger partial charge in [0.05, 0.1) is 12.7 Å². The van der Waals surface area contributed by atoms with E-state index in [0.717, 1.165) is 25.9 Å². The first-order valence-corrected chi connectivity index (χ1v) is 7.01. The Bertz CT molecular complexity index is 490. The van der Waals surface area contributed by atoms with Gasteiger partial charge in [-0.15, -0.1) is 0 Å². The fourth-order valence-electron chi connectivity index (χ4n) is 2.50. The van der Waals surface area contributed by atoms with E-state index in [1.807, 2.05) is 12.1 Å². The van der Waals surface area contributed by atoms with Gasteiger partial charge in [-0.3, -0.25) is 4.79 Å². The molecule has 0 aliphatic carbocycles. The summed E-state index contributed by atoms with van der Waals surface area (Å²) in [6.07, 6.45) is 1.89. The zero-order valence-corrected chi connectivity index (χ0v) is 12.7. The summed E-state index contributed by atoms with van der Waals surface area (Å²) in [5.41, 5.74) is 0.343. The molecule has 0 N–H and O–H groups in total.